The van der Waals surface area contributed by atoms with Crippen LogP contribution in [0.25, 0.3) is 10.9 Å². The molecule has 0 fully saturated rings. The molecule has 0 amide bonds. The van der Waals surface area contributed by atoms with Crippen molar-refractivity contribution in [2.45, 2.75) is 27.2 Å². The first-order valence-electron chi connectivity index (χ1n) is 8.56. The number of nitrogens with zero attached hydrogens (tertiary/aromatic N) is 1. The van der Waals surface area contributed by atoms with Crippen LogP contribution in [-0.4, -0.2) is 17.6 Å². The van der Waals surface area contributed by atoms with Crippen LogP contribution in [0.1, 0.15) is 35.3 Å². The van der Waals surface area contributed by atoms with E-state index in [0.29, 0.717) is 12.2 Å². The summed E-state index contributed by atoms with van der Waals surface area (Å²) in [5.74, 6) is -0.366. The number of rotatable bonds is 5. The molecule has 0 saturated heterocycles. The molecular weight excluding hydrogens is 312 g/mol. The molecule has 1 N–H and O–H groups in total. The second kappa shape index (κ2) is 7.34. The Morgan fingerprint density at radius 2 is 1.92 bits per heavy atom. The fourth-order valence-corrected chi connectivity index (χ4v) is 2.95. The molecule has 25 heavy (non-hydrogen) atoms. The smallest absolute Gasteiger partial charge is 0.341 e. The summed E-state index contributed by atoms with van der Waals surface area (Å²) in [5, 5.41) is 4.37. The van der Waals surface area contributed by atoms with Gasteiger partial charge in [-0.1, -0.05) is 43.3 Å². The molecule has 3 rings (SSSR count). The molecule has 0 aliphatic carbocycles. The van der Waals surface area contributed by atoms with E-state index in [1.165, 1.54) is 5.56 Å². The summed E-state index contributed by atoms with van der Waals surface area (Å²) in [4.78, 5) is 16.9. The average molecular weight is 334 g/mol. The van der Waals surface area contributed by atoms with Crippen molar-refractivity contribution in [1.29, 1.82) is 0 Å². The molecule has 0 unspecified atom stereocenters. The van der Waals surface area contributed by atoms with Crippen LogP contribution in [0.2, 0.25) is 0 Å². The van der Waals surface area contributed by atoms with Crippen LogP contribution >= 0.6 is 0 Å². The standard InChI is InChI=1S/C21H22N2O2/c1-4-15-10-6-7-12-18(15)23-20-16-11-8-9-14(3)19(16)22-13-17(20)21(24)25-5-2/h6-13H,4-5H2,1-3H3,(H,22,23). The van der Waals surface area contributed by atoms with Crippen LogP contribution in [0, 0.1) is 6.92 Å². The quantitative estimate of drug-likeness (QED) is 0.665. The van der Waals surface area contributed by atoms with Gasteiger partial charge in [-0.3, -0.25) is 4.98 Å². The molecule has 0 aliphatic heterocycles. The molecule has 0 bridgehead atoms. The van der Waals surface area contributed by atoms with E-state index in [4.69, 9.17) is 4.74 Å². The predicted octanol–water partition coefficient (Wildman–Crippen LogP) is 5.03. The number of hydrogen-bond donors (Lipinski definition) is 1. The monoisotopic (exact) mass is 334 g/mol. The molecule has 128 valence electrons. The van der Waals surface area contributed by atoms with Gasteiger partial charge in [0.05, 0.1) is 17.8 Å². The fourth-order valence-electron chi connectivity index (χ4n) is 2.95. The Morgan fingerprint density at radius 3 is 2.68 bits per heavy atom. The summed E-state index contributed by atoms with van der Waals surface area (Å²) in [6, 6.07) is 14.1. The van der Waals surface area contributed by atoms with Crippen LogP contribution in [-0.2, 0) is 11.2 Å². The number of benzene rings is 2. The van der Waals surface area contributed by atoms with E-state index in [0.717, 1.165) is 34.3 Å². The van der Waals surface area contributed by atoms with Gasteiger partial charge >= 0.3 is 5.97 Å². The van der Waals surface area contributed by atoms with E-state index in [1.54, 1.807) is 13.1 Å². The Labute approximate surface area is 147 Å². The lowest BCUT2D eigenvalue weighted by Gasteiger charge is -2.16. The molecule has 0 saturated carbocycles. The van der Waals surface area contributed by atoms with Crippen LogP contribution < -0.4 is 5.32 Å². The van der Waals surface area contributed by atoms with Crippen LogP contribution in [0.15, 0.2) is 48.7 Å². The first kappa shape index (κ1) is 17.0. The zero-order valence-electron chi connectivity index (χ0n) is 14.8. The van der Waals surface area contributed by atoms with Crippen molar-refractivity contribution >= 4 is 28.2 Å². The number of pyridine rings is 1. The van der Waals surface area contributed by atoms with Crippen molar-refractivity contribution in [3.8, 4) is 0 Å². The molecule has 4 nitrogen and oxygen atoms in total. The van der Waals surface area contributed by atoms with Crippen molar-refractivity contribution in [2.75, 3.05) is 11.9 Å². The first-order chi connectivity index (χ1) is 12.2. The highest BCUT2D eigenvalue weighted by molar-refractivity contribution is 6.06. The van der Waals surface area contributed by atoms with Gasteiger partial charge in [-0.05, 0) is 37.5 Å². The number of anilines is 2. The molecule has 1 aromatic heterocycles. The maximum absolute atomic E-state index is 12.4. The first-order valence-corrected chi connectivity index (χ1v) is 8.56. The number of carbonyl (C=O) groups is 1. The Morgan fingerprint density at radius 1 is 1.12 bits per heavy atom. The van der Waals surface area contributed by atoms with E-state index >= 15 is 0 Å². The lowest BCUT2D eigenvalue weighted by atomic mass is 10.0. The summed E-state index contributed by atoms with van der Waals surface area (Å²) in [6.45, 7) is 6.26. The van der Waals surface area contributed by atoms with Gasteiger partial charge in [-0.2, -0.15) is 0 Å². The topological polar surface area (TPSA) is 51.2 Å². The third-order valence-corrected chi connectivity index (χ3v) is 4.25. The molecule has 4 heteroatoms. The number of aromatic nitrogens is 1. The zero-order chi connectivity index (χ0) is 17.8. The number of carbonyl (C=O) groups excluding carboxylic acids is 1. The van der Waals surface area contributed by atoms with Crippen molar-refractivity contribution in [3.05, 3.63) is 65.4 Å². The zero-order valence-corrected chi connectivity index (χ0v) is 14.8. The van der Waals surface area contributed by atoms with Crippen LogP contribution in [0.4, 0.5) is 11.4 Å². The number of fused-ring (bicyclic) bond motifs is 1. The van der Waals surface area contributed by atoms with E-state index in [9.17, 15) is 4.79 Å². The number of para-hydroxylation sites is 2. The van der Waals surface area contributed by atoms with Gasteiger partial charge in [0.25, 0.3) is 0 Å². The van der Waals surface area contributed by atoms with Gasteiger partial charge in [0, 0.05) is 17.3 Å². The van der Waals surface area contributed by atoms with E-state index in [-0.39, 0.29) is 5.97 Å². The average Bonchev–Trinajstić information content (AvgIpc) is 2.63. The highest BCUT2D eigenvalue weighted by Gasteiger charge is 2.18. The predicted molar refractivity (Wildman–Crippen MR) is 102 cm³/mol. The normalized spacial score (nSPS) is 10.7. The van der Waals surface area contributed by atoms with Gasteiger partial charge in [0.15, 0.2) is 0 Å². The Balaban J connectivity index is 2.20. The number of esters is 1. The highest BCUT2D eigenvalue weighted by atomic mass is 16.5. The molecule has 0 radical (unpaired) electrons. The van der Waals surface area contributed by atoms with Crippen molar-refractivity contribution in [2.24, 2.45) is 0 Å². The SMILES string of the molecule is CCOC(=O)c1cnc2c(C)cccc2c1Nc1ccccc1CC. The Hall–Kier alpha value is -2.88. The van der Waals surface area contributed by atoms with E-state index in [1.807, 2.05) is 43.3 Å². The van der Waals surface area contributed by atoms with Gasteiger partial charge in [0.2, 0.25) is 0 Å². The van der Waals surface area contributed by atoms with E-state index < -0.39 is 0 Å². The number of ether oxygens (including phenoxy) is 1. The van der Waals surface area contributed by atoms with E-state index in [2.05, 4.69) is 23.3 Å². The number of aryl methyl sites for hydroxylation is 2. The largest absolute Gasteiger partial charge is 0.462 e. The van der Waals surface area contributed by atoms with Crippen molar-refractivity contribution in [3.63, 3.8) is 0 Å². The Bertz CT molecular complexity index is 919. The molecule has 1 heterocycles. The number of hydrogen-bond acceptors (Lipinski definition) is 4. The maximum atomic E-state index is 12.4. The van der Waals surface area contributed by atoms with Crippen molar-refractivity contribution < 1.29 is 9.53 Å². The Kier molecular flexibility index (Phi) is 4.98. The number of nitrogens with one attached hydrogen (secondary N) is 1. The maximum Gasteiger partial charge on any atom is 0.341 e. The van der Waals surface area contributed by atoms with Gasteiger partial charge in [-0.25, -0.2) is 4.79 Å². The molecule has 3 aromatic rings. The molecule has 0 atom stereocenters. The third-order valence-electron chi connectivity index (χ3n) is 4.25. The lowest BCUT2D eigenvalue weighted by molar-refractivity contribution is 0.0527. The summed E-state index contributed by atoms with van der Waals surface area (Å²) in [6.07, 6.45) is 2.50. The molecule has 2 aromatic carbocycles. The summed E-state index contributed by atoms with van der Waals surface area (Å²) >= 11 is 0. The van der Waals surface area contributed by atoms with Crippen LogP contribution in [0.5, 0.6) is 0 Å². The van der Waals surface area contributed by atoms with Gasteiger partial charge in [0.1, 0.15) is 5.56 Å². The van der Waals surface area contributed by atoms with Gasteiger partial charge < -0.3 is 10.1 Å². The lowest BCUT2D eigenvalue weighted by Crippen LogP contribution is -2.10. The summed E-state index contributed by atoms with van der Waals surface area (Å²) in [7, 11) is 0. The minimum atomic E-state index is -0.366. The molecular formula is C21H22N2O2. The third kappa shape index (κ3) is 3.33. The fraction of sp³-hybridized carbons (Fsp3) is 0.238. The van der Waals surface area contributed by atoms with Crippen molar-refractivity contribution in [1.82, 2.24) is 4.98 Å². The highest BCUT2D eigenvalue weighted by Crippen LogP contribution is 2.32. The molecule has 0 aliphatic rings. The second-order valence-corrected chi connectivity index (χ2v) is 5.87. The van der Waals surface area contributed by atoms with Gasteiger partial charge in [-0.15, -0.1) is 0 Å². The summed E-state index contributed by atoms with van der Waals surface area (Å²) in [5.41, 5.74) is 5.32. The minimum absolute atomic E-state index is 0.329. The van der Waals surface area contributed by atoms with Crippen LogP contribution in [0.3, 0.4) is 0 Å². The summed E-state index contributed by atoms with van der Waals surface area (Å²) < 4.78 is 5.22. The second-order valence-electron chi connectivity index (χ2n) is 5.87. The minimum Gasteiger partial charge on any atom is -0.462 e. The molecule has 0 spiro atoms.